The van der Waals surface area contributed by atoms with Crippen molar-refractivity contribution in [3.8, 4) is 0 Å². The summed E-state index contributed by atoms with van der Waals surface area (Å²) in [4.78, 5) is 50.9. The molecule has 0 saturated carbocycles. The average Bonchev–Trinajstić information content (AvgIpc) is 2.43. The first-order valence-electron chi connectivity index (χ1n) is 8.33. The van der Waals surface area contributed by atoms with Crippen molar-refractivity contribution in [1.29, 1.82) is 0 Å². The zero-order valence-electron chi connectivity index (χ0n) is 14.9. The molecule has 0 radical (unpaired) electrons. The van der Waals surface area contributed by atoms with E-state index < -0.39 is 23.5 Å². The summed E-state index contributed by atoms with van der Waals surface area (Å²) in [5.74, 6) is -2.01. The SMILES string of the molecule is CC(C)C[C@@H](NC(=O)c1cc2c([nH]c1=O)CC(C)(C)CC2=O)C(=O)O. The summed E-state index contributed by atoms with van der Waals surface area (Å²) in [6, 6.07) is 0.201. The van der Waals surface area contributed by atoms with E-state index in [4.69, 9.17) is 0 Å². The lowest BCUT2D eigenvalue weighted by Crippen LogP contribution is -2.43. The van der Waals surface area contributed by atoms with Crippen LogP contribution < -0.4 is 10.9 Å². The molecule has 1 aliphatic rings. The Balaban J connectivity index is 2.33. The fourth-order valence-corrected chi connectivity index (χ4v) is 3.13. The van der Waals surface area contributed by atoms with Gasteiger partial charge < -0.3 is 15.4 Å². The van der Waals surface area contributed by atoms with Crippen LogP contribution in [0.15, 0.2) is 10.9 Å². The standard InChI is InChI=1S/C18H24N2O5/c1-9(2)5-12(17(24)25)19-15(22)11-6-10-13(20-16(11)23)7-18(3,4)8-14(10)21/h6,9,12H,5,7-8H2,1-4H3,(H,19,22)(H,20,23)(H,24,25)/t12-/m1/s1. The van der Waals surface area contributed by atoms with Crippen molar-refractivity contribution in [2.75, 3.05) is 0 Å². The first-order chi connectivity index (χ1) is 11.5. The maximum atomic E-state index is 12.4. The second-order valence-electron chi connectivity index (χ2n) is 7.84. The minimum atomic E-state index is -1.16. The molecule has 0 bridgehead atoms. The summed E-state index contributed by atoms with van der Waals surface area (Å²) in [5, 5.41) is 11.6. The smallest absolute Gasteiger partial charge is 0.326 e. The van der Waals surface area contributed by atoms with Crippen LogP contribution in [0.4, 0.5) is 0 Å². The third-order valence-electron chi connectivity index (χ3n) is 4.27. The summed E-state index contributed by atoms with van der Waals surface area (Å²) >= 11 is 0. The predicted octanol–water partition coefficient (Wildman–Crippen LogP) is 1.76. The van der Waals surface area contributed by atoms with Crippen molar-refractivity contribution in [2.45, 2.75) is 53.0 Å². The summed E-state index contributed by atoms with van der Waals surface area (Å²) in [6.45, 7) is 7.56. The van der Waals surface area contributed by atoms with Crippen LogP contribution in [0.5, 0.6) is 0 Å². The van der Waals surface area contributed by atoms with Gasteiger partial charge in [0.2, 0.25) is 0 Å². The molecule has 0 aliphatic heterocycles. The van der Waals surface area contributed by atoms with Gasteiger partial charge in [-0.1, -0.05) is 27.7 Å². The van der Waals surface area contributed by atoms with Gasteiger partial charge in [-0.2, -0.15) is 0 Å². The number of ketones is 1. The first kappa shape index (κ1) is 18.9. The van der Waals surface area contributed by atoms with Crippen LogP contribution in [0.1, 0.15) is 66.9 Å². The summed E-state index contributed by atoms with van der Waals surface area (Å²) in [5.41, 5.74) is -0.237. The lowest BCUT2D eigenvalue weighted by atomic mass is 9.75. The molecule has 1 heterocycles. The van der Waals surface area contributed by atoms with Gasteiger partial charge >= 0.3 is 5.97 Å². The van der Waals surface area contributed by atoms with E-state index in [1.54, 1.807) is 0 Å². The van der Waals surface area contributed by atoms with Gasteiger partial charge in [-0.25, -0.2) is 4.79 Å². The number of pyridine rings is 1. The molecule has 0 saturated heterocycles. The Morgan fingerprint density at radius 2 is 1.92 bits per heavy atom. The van der Waals surface area contributed by atoms with Crippen LogP contribution >= 0.6 is 0 Å². The van der Waals surface area contributed by atoms with Crippen LogP contribution in [0, 0.1) is 11.3 Å². The number of aliphatic carboxylic acids is 1. The number of rotatable bonds is 5. The van der Waals surface area contributed by atoms with E-state index in [1.165, 1.54) is 6.07 Å². The van der Waals surface area contributed by atoms with E-state index in [9.17, 15) is 24.3 Å². The molecule has 1 aliphatic carbocycles. The lowest BCUT2D eigenvalue weighted by Gasteiger charge is -2.29. The molecular weight excluding hydrogens is 324 g/mol. The average molecular weight is 348 g/mol. The van der Waals surface area contributed by atoms with Crippen LogP contribution in [0.3, 0.4) is 0 Å². The first-order valence-corrected chi connectivity index (χ1v) is 8.33. The van der Waals surface area contributed by atoms with E-state index >= 15 is 0 Å². The second kappa shape index (κ2) is 6.82. The van der Waals surface area contributed by atoms with Gasteiger partial charge in [-0.3, -0.25) is 14.4 Å². The van der Waals surface area contributed by atoms with Crippen molar-refractivity contribution in [3.05, 3.63) is 33.2 Å². The number of Topliss-reactive ketones (excluding diaryl/α,β-unsaturated/α-hetero) is 1. The quantitative estimate of drug-likeness (QED) is 0.750. The van der Waals surface area contributed by atoms with Crippen LogP contribution in [0.2, 0.25) is 0 Å². The third-order valence-corrected chi connectivity index (χ3v) is 4.27. The molecule has 25 heavy (non-hydrogen) atoms. The molecule has 0 unspecified atom stereocenters. The Hall–Kier alpha value is -2.44. The maximum Gasteiger partial charge on any atom is 0.326 e. The number of nitrogens with one attached hydrogen (secondary N) is 2. The minimum absolute atomic E-state index is 0.0621. The molecule has 0 fully saturated rings. The molecule has 0 spiro atoms. The number of amides is 1. The zero-order valence-corrected chi connectivity index (χ0v) is 14.9. The van der Waals surface area contributed by atoms with E-state index in [-0.39, 0.29) is 29.1 Å². The normalized spacial score (nSPS) is 17.1. The van der Waals surface area contributed by atoms with Crippen molar-refractivity contribution in [2.24, 2.45) is 11.3 Å². The number of aromatic amines is 1. The van der Waals surface area contributed by atoms with Crippen LogP contribution in [-0.4, -0.2) is 33.8 Å². The Kier molecular flexibility index (Phi) is 5.15. The van der Waals surface area contributed by atoms with E-state index in [0.717, 1.165) is 0 Å². The molecule has 3 N–H and O–H groups in total. The Bertz CT molecular complexity index is 776. The lowest BCUT2D eigenvalue weighted by molar-refractivity contribution is -0.139. The van der Waals surface area contributed by atoms with E-state index in [2.05, 4.69) is 10.3 Å². The van der Waals surface area contributed by atoms with Gasteiger partial charge in [-0.05, 0) is 30.2 Å². The number of carbonyl (C=O) groups is 3. The molecule has 1 atom stereocenters. The number of carboxylic acid groups (broad SMARTS) is 1. The van der Waals surface area contributed by atoms with Gasteiger partial charge in [0.1, 0.15) is 11.6 Å². The number of aromatic nitrogens is 1. The highest BCUT2D eigenvalue weighted by Gasteiger charge is 2.33. The van der Waals surface area contributed by atoms with E-state index in [0.29, 0.717) is 24.1 Å². The highest BCUT2D eigenvalue weighted by Crippen LogP contribution is 2.33. The summed E-state index contributed by atoms with van der Waals surface area (Å²) < 4.78 is 0. The van der Waals surface area contributed by atoms with Crippen molar-refractivity contribution in [1.82, 2.24) is 10.3 Å². The van der Waals surface area contributed by atoms with Gasteiger partial charge in [-0.15, -0.1) is 0 Å². The Morgan fingerprint density at radius 1 is 1.28 bits per heavy atom. The van der Waals surface area contributed by atoms with Gasteiger partial charge in [0.15, 0.2) is 5.78 Å². The highest BCUT2D eigenvalue weighted by molar-refractivity contribution is 6.02. The van der Waals surface area contributed by atoms with Gasteiger partial charge in [0.25, 0.3) is 11.5 Å². The number of hydrogen-bond acceptors (Lipinski definition) is 4. The number of carbonyl (C=O) groups excluding carboxylic acids is 2. The fourth-order valence-electron chi connectivity index (χ4n) is 3.13. The largest absolute Gasteiger partial charge is 0.480 e. The molecule has 1 amide bonds. The number of hydrogen-bond donors (Lipinski definition) is 3. The molecular formula is C18H24N2O5. The monoisotopic (exact) mass is 348 g/mol. The van der Waals surface area contributed by atoms with Crippen molar-refractivity contribution in [3.63, 3.8) is 0 Å². The molecule has 136 valence electrons. The zero-order chi connectivity index (χ0) is 18.9. The van der Waals surface area contributed by atoms with E-state index in [1.807, 2.05) is 27.7 Å². The number of carboxylic acids is 1. The maximum absolute atomic E-state index is 12.4. The minimum Gasteiger partial charge on any atom is -0.480 e. The second-order valence-corrected chi connectivity index (χ2v) is 7.84. The van der Waals surface area contributed by atoms with Gasteiger partial charge in [0, 0.05) is 17.7 Å². The third kappa shape index (κ3) is 4.35. The summed E-state index contributed by atoms with van der Waals surface area (Å²) in [6.07, 6.45) is 1.12. The fraction of sp³-hybridized carbons (Fsp3) is 0.556. The Labute approximate surface area is 145 Å². The Morgan fingerprint density at radius 3 is 2.48 bits per heavy atom. The molecule has 2 rings (SSSR count). The molecule has 7 heteroatoms. The molecule has 7 nitrogen and oxygen atoms in total. The highest BCUT2D eigenvalue weighted by atomic mass is 16.4. The number of fused-ring (bicyclic) bond motifs is 1. The molecule has 1 aromatic heterocycles. The molecule has 1 aromatic rings. The van der Waals surface area contributed by atoms with Crippen LogP contribution in [-0.2, 0) is 11.2 Å². The number of H-pyrrole nitrogens is 1. The topological polar surface area (TPSA) is 116 Å². The van der Waals surface area contributed by atoms with Crippen LogP contribution in [0.25, 0.3) is 0 Å². The van der Waals surface area contributed by atoms with Gasteiger partial charge in [0.05, 0.1) is 0 Å². The summed E-state index contributed by atoms with van der Waals surface area (Å²) in [7, 11) is 0. The van der Waals surface area contributed by atoms with Crippen molar-refractivity contribution < 1.29 is 19.5 Å². The van der Waals surface area contributed by atoms with Crippen molar-refractivity contribution >= 4 is 17.7 Å². The predicted molar refractivity (Wildman–Crippen MR) is 91.8 cm³/mol. The molecule has 0 aromatic carbocycles.